The number of amides is 1. The van der Waals surface area contributed by atoms with Crippen LogP contribution in [0.2, 0.25) is 0 Å². The van der Waals surface area contributed by atoms with Crippen molar-refractivity contribution in [1.82, 2.24) is 20.1 Å². The van der Waals surface area contributed by atoms with Crippen molar-refractivity contribution < 1.29 is 4.79 Å². The van der Waals surface area contributed by atoms with E-state index in [1.54, 1.807) is 17.3 Å². The summed E-state index contributed by atoms with van der Waals surface area (Å²) in [4.78, 5) is 16.5. The summed E-state index contributed by atoms with van der Waals surface area (Å²) < 4.78 is 1.80. The van der Waals surface area contributed by atoms with Crippen LogP contribution in [-0.4, -0.2) is 20.7 Å². The Balaban J connectivity index is 1.40. The van der Waals surface area contributed by atoms with Gasteiger partial charge in [0.1, 0.15) is 12.7 Å². The first kappa shape index (κ1) is 14.4. The van der Waals surface area contributed by atoms with Crippen molar-refractivity contribution in [2.75, 3.05) is 0 Å². The van der Waals surface area contributed by atoms with Crippen molar-refractivity contribution in [1.29, 1.82) is 0 Å². The second kappa shape index (κ2) is 6.14. The highest BCUT2D eigenvalue weighted by molar-refractivity contribution is 5.79. The summed E-state index contributed by atoms with van der Waals surface area (Å²) in [6.07, 6.45) is 8.18. The van der Waals surface area contributed by atoms with Gasteiger partial charge >= 0.3 is 0 Å². The van der Waals surface area contributed by atoms with Gasteiger partial charge in [-0.2, -0.15) is 5.10 Å². The Morgan fingerprint density at radius 2 is 2.09 bits per heavy atom. The third kappa shape index (κ3) is 3.00. The van der Waals surface area contributed by atoms with E-state index in [0.29, 0.717) is 19.0 Å². The van der Waals surface area contributed by atoms with E-state index >= 15 is 0 Å². The van der Waals surface area contributed by atoms with Crippen LogP contribution in [0.4, 0.5) is 0 Å². The van der Waals surface area contributed by atoms with Crippen LogP contribution >= 0.6 is 0 Å². The van der Waals surface area contributed by atoms with E-state index in [1.165, 1.54) is 24.8 Å². The molecule has 2 aliphatic rings. The van der Waals surface area contributed by atoms with Crippen LogP contribution in [0, 0.1) is 17.8 Å². The summed E-state index contributed by atoms with van der Waals surface area (Å²) in [7, 11) is 0. The number of fused-ring (bicyclic) bond motifs is 2. The third-order valence-electron chi connectivity index (χ3n) is 5.45. The van der Waals surface area contributed by atoms with Gasteiger partial charge in [0, 0.05) is 12.5 Å². The average molecular weight is 310 g/mol. The van der Waals surface area contributed by atoms with Crippen molar-refractivity contribution in [3.05, 3.63) is 48.0 Å². The summed E-state index contributed by atoms with van der Waals surface area (Å²) in [5.74, 6) is 1.92. The molecule has 2 saturated carbocycles. The maximum atomic E-state index is 12.5. The molecule has 2 bridgehead atoms. The Hall–Kier alpha value is -2.17. The molecule has 0 saturated heterocycles. The molecule has 23 heavy (non-hydrogen) atoms. The summed E-state index contributed by atoms with van der Waals surface area (Å²) in [6, 6.07) is 8.20. The Morgan fingerprint density at radius 1 is 1.22 bits per heavy atom. The summed E-state index contributed by atoms with van der Waals surface area (Å²) >= 11 is 0. The number of rotatable bonds is 5. The summed E-state index contributed by atoms with van der Waals surface area (Å²) in [5.41, 5.74) is 2.32. The van der Waals surface area contributed by atoms with Gasteiger partial charge in [0.2, 0.25) is 5.91 Å². The van der Waals surface area contributed by atoms with Gasteiger partial charge < -0.3 is 5.32 Å². The van der Waals surface area contributed by atoms with Gasteiger partial charge in [-0.05, 0) is 42.2 Å². The monoisotopic (exact) mass is 310 g/mol. The first-order valence-corrected chi connectivity index (χ1v) is 8.46. The van der Waals surface area contributed by atoms with Crippen molar-refractivity contribution in [3.63, 3.8) is 0 Å². The number of nitrogens with one attached hydrogen (secondary N) is 1. The Bertz CT molecular complexity index is 682. The molecule has 120 valence electrons. The maximum Gasteiger partial charge on any atom is 0.223 e. The van der Waals surface area contributed by atoms with Gasteiger partial charge in [-0.3, -0.25) is 4.79 Å². The molecule has 0 spiro atoms. The van der Waals surface area contributed by atoms with Crippen LogP contribution in [0.15, 0.2) is 36.9 Å². The molecule has 1 aromatic heterocycles. The van der Waals surface area contributed by atoms with Crippen LogP contribution in [-0.2, 0) is 17.9 Å². The van der Waals surface area contributed by atoms with Crippen molar-refractivity contribution in [2.45, 2.75) is 38.8 Å². The number of aromatic nitrogens is 3. The summed E-state index contributed by atoms with van der Waals surface area (Å²) in [6.45, 7) is 1.28. The number of hydrogen-bond donors (Lipinski definition) is 1. The van der Waals surface area contributed by atoms with E-state index in [9.17, 15) is 4.79 Å². The van der Waals surface area contributed by atoms with E-state index < -0.39 is 0 Å². The van der Waals surface area contributed by atoms with Gasteiger partial charge in [0.25, 0.3) is 0 Å². The molecule has 2 aliphatic carbocycles. The standard InChI is InChI=1S/C18H22N4O/c23-18(17-8-13-5-6-14(17)7-13)20-9-15-3-1-2-4-16(15)10-22-12-19-11-21-22/h1-4,11-14,17H,5-10H2,(H,20,23)/t13-,14-,17-/m0/s1. The zero-order chi connectivity index (χ0) is 15.6. The minimum atomic E-state index is 0.243. The largest absolute Gasteiger partial charge is 0.352 e. The lowest BCUT2D eigenvalue weighted by atomic mass is 9.88. The fourth-order valence-electron chi connectivity index (χ4n) is 4.25. The van der Waals surface area contributed by atoms with E-state index in [0.717, 1.165) is 17.9 Å². The predicted molar refractivity (Wildman–Crippen MR) is 86.4 cm³/mol. The van der Waals surface area contributed by atoms with Crippen LogP contribution in [0.1, 0.15) is 36.8 Å². The van der Waals surface area contributed by atoms with Crippen LogP contribution in [0.3, 0.4) is 0 Å². The number of carbonyl (C=O) groups excluding carboxylic acids is 1. The number of hydrogen-bond acceptors (Lipinski definition) is 3. The Kier molecular flexibility index (Phi) is 3.85. The molecule has 0 aliphatic heterocycles. The molecule has 2 fully saturated rings. The zero-order valence-electron chi connectivity index (χ0n) is 13.2. The smallest absolute Gasteiger partial charge is 0.223 e. The zero-order valence-corrected chi connectivity index (χ0v) is 13.2. The lowest BCUT2D eigenvalue weighted by Crippen LogP contribution is -2.33. The highest BCUT2D eigenvalue weighted by Crippen LogP contribution is 2.48. The van der Waals surface area contributed by atoms with Gasteiger partial charge in [0.05, 0.1) is 6.54 Å². The molecule has 1 aromatic carbocycles. The second-order valence-corrected chi connectivity index (χ2v) is 6.86. The molecule has 4 rings (SSSR count). The molecule has 1 N–H and O–H groups in total. The van der Waals surface area contributed by atoms with Crippen LogP contribution < -0.4 is 5.32 Å². The molecule has 2 aromatic rings. The Labute approximate surface area is 136 Å². The maximum absolute atomic E-state index is 12.5. The molecule has 3 atom stereocenters. The topological polar surface area (TPSA) is 59.8 Å². The van der Waals surface area contributed by atoms with Gasteiger partial charge in [-0.15, -0.1) is 0 Å². The fraction of sp³-hybridized carbons (Fsp3) is 0.500. The first-order valence-electron chi connectivity index (χ1n) is 8.46. The molecule has 1 heterocycles. The molecule has 1 amide bonds. The van der Waals surface area contributed by atoms with Gasteiger partial charge in [0.15, 0.2) is 0 Å². The SMILES string of the molecule is O=C(NCc1ccccc1Cn1cncn1)[C@H]1C[C@H]2CC[C@H]1C2. The molecule has 0 unspecified atom stereocenters. The number of benzene rings is 1. The van der Waals surface area contributed by atoms with Crippen molar-refractivity contribution in [3.8, 4) is 0 Å². The lowest BCUT2D eigenvalue weighted by Gasteiger charge is -2.21. The van der Waals surface area contributed by atoms with Crippen LogP contribution in [0.25, 0.3) is 0 Å². The average Bonchev–Trinajstić information content (AvgIpc) is 3.31. The number of nitrogens with zero attached hydrogens (tertiary/aromatic N) is 3. The minimum absolute atomic E-state index is 0.243. The predicted octanol–water partition coefficient (Wildman–Crippen LogP) is 2.38. The molecular formula is C18H22N4O. The van der Waals surface area contributed by atoms with Crippen LogP contribution in [0.5, 0.6) is 0 Å². The summed E-state index contributed by atoms with van der Waals surface area (Å²) in [5, 5.41) is 7.32. The molecule has 5 heteroatoms. The first-order chi connectivity index (χ1) is 11.3. The van der Waals surface area contributed by atoms with E-state index in [4.69, 9.17) is 0 Å². The number of carbonyl (C=O) groups is 1. The highest BCUT2D eigenvalue weighted by Gasteiger charge is 2.42. The quantitative estimate of drug-likeness (QED) is 0.922. The second-order valence-electron chi connectivity index (χ2n) is 6.86. The van der Waals surface area contributed by atoms with Gasteiger partial charge in [-0.25, -0.2) is 9.67 Å². The Morgan fingerprint density at radius 3 is 2.78 bits per heavy atom. The highest BCUT2D eigenvalue weighted by atomic mass is 16.1. The van der Waals surface area contributed by atoms with Crippen molar-refractivity contribution in [2.24, 2.45) is 17.8 Å². The van der Waals surface area contributed by atoms with E-state index in [1.807, 2.05) is 12.1 Å². The normalized spacial score (nSPS) is 25.7. The van der Waals surface area contributed by atoms with E-state index in [-0.39, 0.29) is 11.8 Å². The van der Waals surface area contributed by atoms with Crippen molar-refractivity contribution >= 4 is 5.91 Å². The minimum Gasteiger partial charge on any atom is -0.352 e. The fourth-order valence-corrected chi connectivity index (χ4v) is 4.25. The van der Waals surface area contributed by atoms with Gasteiger partial charge in [-0.1, -0.05) is 30.7 Å². The molecule has 0 radical (unpaired) electrons. The van der Waals surface area contributed by atoms with E-state index in [2.05, 4.69) is 27.5 Å². The molecule has 5 nitrogen and oxygen atoms in total. The molecular weight excluding hydrogens is 288 g/mol. The third-order valence-corrected chi connectivity index (χ3v) is 5.45. The lowest BCUT2D eigenvalue weighted by molar-refractivity contribution is -0.126.